The van der Waals surface area contributed by atoms with Gasteiger partial charge >= 0.3 is 0 Å². The van der Waals surface area contributed by atoms with Gasteiger partial charge in [0.05, 0.1) is 10.9 Å². The maximum Gasteiger partial charge on any atom is 0.220 e. The molecule has 0 aliphatic carbocycles. The van der Waals surface area contributed by atoms with Gasteiger partial charge in [-0.15, -0.1) is 0 Å². The first-order valence-corrected chi connectivity index (χ1v) is 7.87. The number of benzene rings is 1. The predicted molar refractivity (Wildman–Crippen MR) is 71.0 cm³/mol. The monoisotopic (exact) mass is 269 g/mol. The predicted octanol–water partition coefficient (Wildman–Crippen LogP) is 2.07. The van der Waals surface area contributed by atoms with Gasteiger partial charge in [0.1, 0.15) is 0 Å². The Morgan fingerprint density at radius 2 is 1.78 bits per heavy atom. The van der Waals surface area contributed by atoms with Gasteiger partial charge < -0.3 is 5.32 Å². The molecular weight excluding hydrogens is 250 g/mol. The highest BCUT2D eigenvalue weighted by atomic mass is 32.2. The number of sulfone groups is 1. The number of nitrogens with one attached hydrogen (secondary N) is 1. The molecule has 0 aromatic heterocycles. The molecule has 1 rings (SSSR count). The maximum absolute atomic E-state index is 11.4. The van der Waals surface area contributed by atoms with Gasteiger partial charge in [-0.1, -0.05) is 26.0 Å². The summed E-state index contributed by atoms with van der Waals surface area (Å²) in [6.07, 6.45) is 2.39. The molecule has 0 heterocycles. The first-order valence-electron chi connectivity index (χ1n) is 5.97. The molecule has 4 nitrogen and oxygen atoms in total. The maximum atomic E-state index is 11.4. The summed E-state index contributed by atoms with van der Waals surface area (Å²) in [5, 5.41) is 2.90. The van der Waals surface area contributed by atoms with Gasteiger partial charge in [0.15, 0.2) is 9.84 Å². The zero-order chi connectivity index (χ0) is 13.8. The third kappa shape index (κ3) is 3.84. The van der Waals surface area contributed by atoms with Crippen LogP contribution in [0.2, 0.25) is 0 Å². The molecule has 0 fully saturated rings. The van der Waals surface area contributed by atoms with E-state index in [-0.39, 0.29) is 11.9 Å². The lowest BCUT2D eigenvalue weighted by Crippen LogP contribution is -2.27. The summed E-state index contributed by atoms with van der Waals surface area (Å²) in [5.41, 5.74) is 0.923. The first-order chi connectivity index (χ1) is 8.38. The molecule has 0 radical (unpaired) electrons. The van der Waals surface area contributed by atoms with Crippen molar-refractivity contribution in [2.45, 2.75) is 37.6 Å². The van der Waals surface area contributed by atoms with Crippen molar-refractivity contribution in [1.29, 1.82) is 0 Å². The van der Waals surface area contributed by atoms with Gasteiger partial charge in [0, 0.05) is 12.7 Å². The summed E-state index contributed by atoms with van der Waals surface area (Å²) in [7, 11) is -3.17. The van der Waals surface area contributed by atoms with Crippen molar-refractivity contribution in [2.24, 2.45) is 0 Å². The van der Waals surface area contributed by atoms with Crippen LogP contribution in [0.4, 0.5) is 0 Å². The fourth-order valence-corrected chi connectivity index (χ4v) is 2.30. The van der Waals surface area contributed by atoms with E-state index in [0.717, 1.165) is 12.0 Å². The van der Waals surface area contributed by atoms with Crippen LogP contribution in [0.15, 0.2) is 29.2 Å². The minimum atomic E-state index is -3.17. The Bertz CT molecular complexity index is 506. The van der Waals surface area contributed by atoms with Gasteiger partial charge in [-0.25, -0.2) is 8.42 Å². The second-order valence-corrected chi connectivity index (χ2v) is 6.24. The van der Waals surface area contributed by atoms with Crippen LogP contribution in [-0.4, -0.2) is 20.6 Å². The van der Waals surface area contributed by atoms with Crippen LogP contribution in [-0.2, 0) is 14.6 Å². The van der Waals surface area contributed by atoms with Crippen molar-refractivity contribution in [2.75, 3.05) is 6.26 Å². The molecule has 0 bridgehead atoms. The molecule has 1 amide bonds. The fourth-order valence-electron chi connectivity index (χ4n) is 1.66. The lowest BCUT2D eigenvalue weighted by molar-refractivity contribution is -0.121. The zero-order valence-electron chi connectivity index (χ0n) is 10.9. The molecular formula is C13H19NO3S. The standard InChI is InChI=1S/C13H19NO3S/c1-4-12(14-13(15)5-2)10-6-8-11(9-7-10)18(3,16)17/h6-9,12H,4-5H2,1-3H3,(H,14,15)/t12-/m0/s1. The van der Waals surface area contributed by atoms with Crippen LogP contribution in [0.3, 0.4) is 0 Å². The molecule has 0 aliphatic rings. The minimum Gasteiger partial charge on any atom is -0.349 e. The molecule has 5 heteroatoms. The second-order valence-electron chi connectivity index (χ2n) is 4.22. The molecule has 0 aliphatic heterocycles. The van der Waals surface area contributed by atoms with E-state index in [4.69, 9.17) is 0 Å². The number of amides is 1. The van der Waals surface area contributed by atoms with Crippen molar-refractivity contribution in [1.82, 2.24) is 5.32 Å². The van der Waals surface area contributed by atoms with E-state index in [0.29, 0.717) is 11.3 Å². The number of hydrogen-bond donors (Lipinski definition) is 1. The summed E-state index contributed by atoms with van der Waals surface area (Å²) in [6.45, 7) is 3.78. The zero-order valence-corrected chi connectivity index (χ0v) is 11.8. The Morgan fingerprint density at radius 3 is 2.17 bits per heavy atom. The molecule has 100 valence electrons. The topological polar surface area (TPSA) is 63.2 Å². The third-order valence-corrected chi connectivity index (χ3v) is 3.90. The summed E-state index contributed by atoms with van der Waals surface area (Å²) < 4.78 is 22.7. The van der Waals surface area contributed by atoms with Crippen molar-refractivity contribution in [3.8, 4) is 0 Å². The van der Waals surface area contributed by atoms with Crippen LogP contribution in [0.1, 0.15) is 38.3 Å². The third-order valence-electron chi connectivity index (χ3n) is 2.78. The van der Waals surface area contributed by atoms with E-state index < -0.39 is 9.84 Å². The largest absolute Gasteiger partial charge is 0.349 e. The Kier molecular flexibility index (Phi) is 4.90. The SMILES string of the molecule is CCC(=O)N[C@@H](CC)c1ccc(S(C)(=O)=O)cc1. The lowest BCUT2D eigenvalue weighted by Gasteiger charge is -2.17. The summed E-state index contributed by atoms with van der Waals surface area (Å²) in [4.78, 5) is 11.7. The Morgan fingerprint density at radius 1 is 1.22 bits per heavy atom. The Hall–Kier alpha value is -1.36. The van der Waals surface area contributed by atoms with Crippen LogP contribution >= 0.6 is 0 Å². The Balaban J connectivity index is 2.92. The van der Waals surface area contributed by atoms with E-state index in [1.54, 1.807) is 31.2 Å². The van der Waals surface area contributed by atoms with E-state index >= 15 is 0 Å². The summed E-state index contributed by atoms with van der Waals surface area (Å²) in [6, 6.07) is 6.59. The minimum absolute atomic E-state index is 0.00552. The van der Waals surface area contributed by atoms with Gasteiger partial charge in [-0.3, -0.25) is 4.79 Å². The normalized spacial score (nSPS) is 13.1. The fraction of sp³-hybridized carbons (Fsp3) is 0.462. The quantitative estimate of drug-likeness (QED) is 0.890. The van der Waals surface area contributed by atoms with Crippen molar-refractivity contribution < 1.29 is 13.2 Å². The van der Waals surface area contributed by atoms with Crippen LogP contribution in [0, 0.1) is 0 Å². The van der Waals surface area contributed by atoms with Crippen molar-refractivity contribution >= 4 is 15.7 Å². The van der Waals surface area contributed by atoms with E-state index in [1.165, 1.54) is 6.26 Å². The molecule has 0 spiro atoms. The van der Waals surface area contributed by atoms with Crippen LogP contribution in [0.25, 0.3) is 0 Å². The van der Waals surface area contributed by atoms with Crippen LogP contribution in [0.5, 0.6) is 0 Å². The number of carbonyl (C=O) groups is 1. The molecule has 0 saturated heterocycles. The molecule has 18 heavy (non-hydrogen) atoms. The molecule has 1 aromatic rings. The average Bonchev–Trinajstić information content (AvgIpc) is 2.34. The highest BCUT2D eigenvalue weighted by Gasteiger charge is 2.13. The highest BCUT2D eigenvalue weighted by Crippen LogP contribution is 2.19. The molecule has 1 atom stereocenters. The van der Waals surface area contributed by atoms with Gasteiger partial charge in [-0.05, 0) is 24.1 Å². The Labute approximate surface area is 108 Å². The van der Waals surface area contributed by atoms with E-state index in [9.17, 15) is 13.2 Å². The van der Waals surface area contributed by atoms with Gasteiger partial charge in [0.25, 0.3) is 0 Å². The average molecular weight is 269 g/mol. The van der Waals surface area contributed by atoms with Gasteiger partial charge in [-0.2, -0.15) is 0 Å². The second kappa shape index (κ2) is 6.00. The van der Waals surface area contributed by atoms with E-state index in [2.05, 4.69) is 5.32 Å². The summed E-state index contributed by atoms with van der Waals surface area (Å²) >= 11 is 0. The lowest BCUT2D eigenvalue weighted by atomic mass is 10.0. The molecule has 1 N–H and O–H groups in total. The molecule has 1 aromatic carbocycles. The highest BCUT2D eigenvalue weighted by molar-refractivity contribution is 7.90. The van der Waals surface area contributed by atoms with Crippen molar-refractivity contribution in [3.63, 3.8) is 0 Å². The number of carbonyl (C=O) groups excluding carboxylic acids is 1. The first kappa shape index (κ1) is 14.7. The number of hydrogen-bond acceptors (Lipinski definition) is 3. The van der Waals surface area contributed by atoms with Crippen LogP contribution < -0.4 is 5.32 Å². The summed E-state index contributed by atoms with van der Waals surface area (Å²) in [5.74, 6) is -0.00552. The number of rotatable bonds is 5. The van der Waals surface area contributed by atoms with E-state index in [1.807, 2.05) is 6.92 Å². The molecule has 0 unspecified atom stereocenters. The molecule has 0 saturated carbocycles. The smallest absolute Gasteiger partial charge is 0.220 e. The van der Waals surface area contributed by atoms with Crippen molar-refractivity contribution in [3.05, 3.63) is 29.8 Å². The van der Waals surface area contributed by atoms with Gasteiger partial charge in [0.2, 0.25) is 5.91 Å².